The molecule has 1 aliphatic carbocycles. The number of rotatable bonds is 2. The van der Waals surface area contributed by atoms with Gasteiger partial charge < -0.3 is 11.5 Å². The first-order valence-electron chi connectivity index (χ1n) is 5.94. The van der Waals surface area contributed by atoms with Gasteiger partial charge in [-0.15, -0.1) is 0 Å². The third-order valence-electron chi connectivity index (χ3n) is 4.11. The van der Waals surface area contributed by atoms with Crippen LogP contribution >= 0.6 is 0 Å². The van der Waals surface area contributed by atoms with E-state index >= 15 is 0 Å². The van der Waals surface area contributed by atoms with E-state index in [2.05, 4.69) is 13.8 Å². The molecule has 4 N–H and O–H groups in total. The molecule has 84 valence electrons. The lowest BCUT2D eigenvalue weighted by Crippen LogP contribution is -2.33. The van der Waals surface area contributed by atoms with E-state index in [1.807, 2.05) is 0 Å². The Morgan fingerprint density at radius 1 is 0.786 bits per heavy atom. The van der Waals surface area contributed by atoms with Crippen molar-refractivity contribution in [3.63, 3.8) is 0 Å². The standard InChI is InChI=1S/C12H26N2/c1-11(9-13)5-3-7-12(2,10-14)8-4-6-11/h3-10,13-14H2,1-2H3. The van der Waals surface area contributed by atoms with E-state index in [-0.39, 0.29) is 0 Å². The minimum atomic E-state index is 0.399. The van der Waals surface area contributed by atoms with Gasteiger partial charge in [0.15, 0.2) is 0 Å². The summed E-state index contributed by atoms with van der Waals surface area (Å²) in [7, 11) is 0. The third-order valence-corrected chi connectivity index (χ3v) is 4.11. The summed E-state index contributed by atoms with van der Waals surface area (Å²) in [5, 5.41) is 0. The molecule has 0 heterocycles. The zero-order valence-corrected chi connectivity index (χ0v) is 9.81. The first kappa shape index (κ1) is 12.0. The van der Waals surface area contributed by atoms with Crippen molar-refractivity contribution >= 4 is 0 Å². The fourth-order valence-corrected chi connectivity index (χ4v) is 2.54. The first-order chi connectivity index (χ1) is 6.54. The molecule has 0 bridgehead atoms. The topological polar surface area (TPSA) is 52.0 Å². The van der Waals surface area contributed by atoms with Gasteiger partial charge in [-0.25, -0.2) is 0 Å². The SMILES string of the molecule is CC1(CN)CCCC(C)(CN)CCC1. The van der Waals surface area contributed by atoms with Crippen molar-refractivity contribution in [2.24, 2.45) is 22.3 Å². The fraction of sp³-hybridized carbons (Fsp3) is 1.00. The second-order valence-electron chi connectivity index (χ2n) is 5.74. The van der Waals surface area contributed by atoms with Crippen molar-refractivity contribution in [2.45, 2.75) is 52.4 Å². The van der Waals surface area contributed by atoms with Gasteiger partial charge in [0.25, 0.3) is 0 Å². The van der Waals surface area contributed by atoms with Crippen molar-refractivity contribution in [3.05, 3.63) is 0 Å². The highest BCUT2D eigenvalue weighted by Gasteiger charge is 2.29. The Labute approximate surface area is 88.4 Å². The Bertz CT molecular complexity index is 149. The van der Waals surface area contributed by atoms with Crippen molar-refractivity contribution in [3.8, 4) is 0 Å². The maximum atomic E-state index is 5.83. The molecule has 0 spiro atoms. The van der Waals surface area contributed by atoms with Gasteiger partial charge in [-0.05, 0) is 49.6 Å². The Balaban J connectivity index is 2.51. The molecule has 0 aromatic heterocycles. The van der Waals surface area contributed by atoms with Crippen LogP contribution in [0.15, 0.2) is 0 Å². The lowest BCUT2D eigenvalue weighted by atomic mass is 9.71. The van der Waals surface area contributed by atoms with Crippen LogP contribution in [-0.2, 0) is 0 Å². The van der Waals surface area contributed by atoms with Crippen LogP contribution in [0.2, 0.25) is 0 Å². The molecule has 0 aromatic rings. The average molecular weight is 198 g/mol. The van der Waals surface area contributed by atoms with Gasteiger partial charge in [0.1, 0.15) is 0 Å². The van der Waals surface area contributed by atoms with E-state index in [0.717, 1.165) is 13.1 Å². The summed E-state index contributed by atoms with van der Waals surface area (Å²) in [6.45, 7) is 6.34. The Kier molecular flexibility index (Phi) is 3.96. The van der Waals surface area contributed by atoms with E-state index < -0.39 is 0 Å². The summed E-state index contributed by atoms with van der Waals surface area (Å²) < 4.78 is 0. The Hall–Kier alpha value is -0.0800. The highest BCUT2D eigenvalue weighted by molar-refractivity contribution is 4.83. The lowest BCUT2D eigenvalue weighted by Gasteiger charge is -2.36. The molecule has 0 aliphatic heterocycles. The van der Waals surface area contributed by atoms with Crippen LogP contribution in [0, 0.1) is 10.8 Å². The van der Waals surface area contributed by atoms with Gasteiger partial charge in [0, 0.05) is 0 Å². The summed E-state index contributed by atoms with van der Waals surface area (Å²) in [4.78, 5) is 0. The monoisotopic (exact) mass is 198 g/mol. The second-order valence-corrected chi connectivity index (χ2v) is 5.74. The van der Waals surface area contributed by atoms with Crippen LogP contribution < -0.4 is 11.5 Å². The lowest BCUT2D eigenvalue weighted by molar-refractivity contribution is 0.173. The smallest absolute Gasteiger partial charge is 0.00232 e. The minimum Gasteiger partial charge on any atom is -0.330 e. The normalized spacial score (nSPS) is 40.3. The summed E-state index contributed by atoms with van der Waals surface area (Å²) in [5.74, 6) is 0. The molecule has 2 nitrogen and oxygen atoms in total. The zero-order chi connectivity index (χ0) is 10.7. The summed E-state index contributed by atoms with van der Waals surface area (Å²) >= 11 is 0. The van der Waals surface area contributed by atoms with Crippen molar-refractivity contribution in [1.82, 2.24) is 0 Å². The van der Waals surface area contributed by atoms with Crippen molar-refractivity contribution in [2.75, 3.05) is 13.1 Å². The minimum absolute atomic E-state index is 0.399. The van der Waals surface area contributed by atoms with Gasteiger partial charge in [0.2, 0.25) is 0 Å². The molecule has 2 heteroatoms. The molecule has 0 unspecified atom stereocenters. The van der Waals surface area contributed by atoms with Gasteiger partial charge in [-0.3, -0.25) is 0 Å². The number of hydrogen-bond acceptors (Lipinski definition) is 2. The largest absolute Gasteiger partial charge is 0.330 e. The van der Waals surface area contributed by atoms with Gasteiger partial charge in [0.05, 0.1) is 0 Å². The van der Waals surface area contributed by atoms with Crippen molar-refractivity contribution < 1.29 is 0 Å². The van der Waals surface area contributed by atoms with E-state index in [0.29, 0.717) is 10.8 Å². The highest BCUT2D eigenvalue weighted by Crippen LogP contribution is 2.39. The number of nitrogens with two attached hydrogens (primary N) is 2. The zero-order valence-electron chi connectivity index (χ0n) is 9.81. The molecule has 0 radical (unpaired) electrons. The summed E-state index contributed by atoms with van der Waals surface area (Å²) in [6, 6.07) is 0. The Morgan fingerprint density at radius 3 is 1.29 bits per heavy atom. The average Bonchev–Trinajstić information content (AvgIpc) is 2.15. The molecule has 1 aliphatic rings. The van der Waals surface area contributed by atoms with Crippen LogP contribution in [0.5, 0.6) is 0 Å². The molecule has 1 saturated carbocycles. The maximum absolute atomic E-state index is 5.83. The van der Waals surface area contributed by atoms with E-state index in [4.69, 9.17) is 11.5 Å². The van der Waals surface area contributed by atoms with Crippen molar-refractivity contribution in [1.29, 1.82) is 0 Å². The van der Waals surface area contributed by atoms with Crippen LogP contribution in [-0.4, -0.2) is 13.1 Å². The second kappa shape index (κ2) is 4.63. The molecule has 1 rings (SSSR count). The Morgan fingerprint density at radius 2 is 1.07 bits per heavy atom. The summed E-state index contributed by atoms with van der Waals surface area (Å²) in [6.07, 6.45) is 7.69. The highest BCUT2D eigenvalue weighted by atomic mass is 14.6. The predicted octanol–water partition coefficient (Wildman–Crippen LogP) is 2.27. The molecular formula is C12H26N2. The molecule has 1 fully saturated rings. The van der Waals surface area contributed by atoms with Crippen LogP contribution in [0.3, 0.4) is 0 Å². The van der Waals surface area contributed by atoms with Crippen LogP contribution in [0.4, 0.5) is 0 Å². The van der Waals surface area contributed by atoms with Crippen LogP contribution in [0.1, 0.15) is 52.4 Å². The van der Waals surface area contributed by atoms with E-state index in [1.165, 1.54) is 38.5 Å². The van der Waals surface area contributed by atoms with Gasteiger partial charge in [-0.2, -0.15) is 0 Å². The van der Waals surface area contributed by atoms with Crippen LogP contribution in [0.25, 0.3) is 0 Å². The van der Waals surface area contributed by atoms with E-state index in [1.54, 1.807) is 0 Å². The van der Waals surface area contributed by atoms with Gasteiger partial charge in [-0.1, -0.05) is 26.7 Å². The van der Waals surface area contributed by atoms with Gasteiger partial charge >= 0.3 is 0 Å². The quantitative estimate of drug-likeness (QED) is 0.715. The molecule has 0 saturated heterocycles. The maximum Gasteiger partial charge on any atom is -0.00232 e. The van der Waals surface area contributed by atoms with E-state index in [9.17, 15) is 0 Å². The fourth-order valence-electron chi connectivity index (χ4n) is 2.54. The summed E-state index contributed by atoms with van der Waals surface area (Å²) in [5.41, 5.74) is 12.5. The molecular weight excluding hydrogens is 172 g/mol. The third kappa shape index (κ3) is 2.96. The molecule has 0 aromatic carbocycles. The molecule has 0 amide bonds. The predicted molar refractivity (Wildman–Crippen MR) is 62.0 cm³/mol. The molecule has 0 atom stereocenters. The number of hydrogen-bond donors (Lipinski definition) is 2. The first-order valence-corrected chi connectivity index (χ1v) is 5.94. The molecule has 14 heavy (non-hydrogen) atoms.